The van der Waals surface area contributed by atoms with E-state index in [0.717, 1.165) is 35.8 Å². The molecule has 3 aromatic rings. The van der Waals surface area contributed by atoms with Crippen molar-refractivity contribution in [3.8, 4) is 5.75 Å². The van der Waals surface area contributed by atoms with Gasteiger partial charge in [-0.25, -0.2) is 0 Å². The van der Waals surface area contributed by atoms with Crippen LogP contribution in [0.15, 0.2) is 60.8 Å². The van der Waals surface area contributed by atoms with E-state index in [1.54, 1.807) is 6.07 Å². The molecule has 1 aliphatic rings. The number of hydrogen-bond donors (Lipinski definition) is 1. The third-order valence-electron chi connectivity index (χ3n) is 4.97. The first-order valence-corrected chi connectivity index (χ1v) is 10.6. The minimum atomic E-state index is -0.0915. The van der Waals surface area contributed by atoms with Crippen LogP contribution in [0.5, 0.6) is 5.75 Å². The zero-order chi connectivity index (χ0) is 20.4. The van der Waals surface area contributed by atoms with Crippen LogP contribution in [0.2, 0.25) is 10.0 Å². The zero-order valence-corrected chi connectivity index (χ0v) is 18.3. The van der Waals surface area contributed by atoms with Gasteiger partial charge in [0.25, 0.3) is 0 Å². The lowest BCUT2D eigenvalue weighted by atomic mass is 10.00. The highest BCUT2D eigenvalue weighted by Crippen LogP contribution is 2.37. The second kappa shape index (κ2) is 8.66. The van der Waals surface area contributed by atoms with Gasteiger partial charge in [0, 0.05) is 40.7 Å². The Balaban J connectivity index is 1.63. The molecule has 1 aromatic heterocycles. The minimum absolute atomic E-state index is 0.0915. The first kappa shape index (κ1) is 20.1. The van der Waals surface area contributed by atoms with Crippen LogP contribution < -0.4 is 10.1 Å². The molecule has 2 heterocycles. The molecule has 29 heavy (non-hydrogen) atoms. The molecule has 0 spiro atoms. The van der Waals surface area contributed by atoms with Crippen molar-refractivity contribution in [3.63, 3.8) is 0 Å². The molecular weight excluding hydrogens is 425 g/mol. The number of halogens is 2. The molecule has 0 unspecified atom stereocenters. The van der Waals surface area contributed by atoms with Crippen molar-refractivity contribution in [2.45, 2.75) is 19.5 Å². The molecule has 4 nitrogen and oxygen atoms in total. The number of thiocarbonyl (C=S) groups is 1. The lowest BCUT2D eigenvalue weighted by Gasteiger charge is -2.39. The Bertz CT molecular complexity index is 1020. The van der Waals surface area contributed by atoms with Gasteiger partial charge in [-0.05, 0) is 73.2 Å². The second-order valence-corrected chi connectivity index (χ2v) is 8.01. The second-order valence-electron chi connectivity index (χ2n) is 6.78. The van der Waals surface area contributed by atoms with Gasteiger partial charge < -0.3 is 19.5 Å². The van der Waals surface area contributed by atoms with E-state index < -0.39 is 0 Å². The third kappa shape index (κ3) is 4.22. The summed E-state index contributed by atoms with van der Waals surface area (Å²) in [5, 5.41) is 5.26. The van der Waals surface area contributed by atoms with E-state index in [2.05, 4.69) is 33.1 Å². The molecule has 2 aromatic carbocycles. The van der Waals surface area contributed by atoms with Crippen molar-refractivity contribution in [1.29, 1.82) is 0 Å². The Morgan fingerprint density at radius 1 is 1.14 bits per heavy atom. The van der Waals surface area contributed by atoms with Crippen molar-refractivity contribution in [3.05, 3.63) is 82.1 Å². The van der Waals surface area contributed by atoms with Gasteiger partial charge >= 0.3 is 0 Å². The van der Waals surface area contributed by atoms with E-state index in [1.807, 2.05) is 43.3 Å². The normalized spacial score (nSPS) is 15.7. The summed E-state index contributed by atoms with van der Waals surface area (Å²) in [5.74, 6) is 0.839. The van der Waals surface area contributed by atoms with Gasteiger partial charge in [0.1, 0.15) is 5.75 Å². The highest BCUT2D eigenvalue weighted by molar-refractivity contribution is 7.80. The molecule has 0 radical (unpaired) electrons. The maximum Gasteiger partial charge on any atom is 0.174 e. The summed E-state index contributed by atoms with van der Waals surface area (Å²) >= 11 is 18.5. The van der Waals surface area contributed by atoms with E-state index in [-0.39, 0.29) is 6.04 Å². The highest BCUT2D eigenvalue weighted by Gasteiger charge is 2.32. The van der Waals surface area contributed by atoms with E-state index in [1.165, 1.54) is 0 Å². The topological polar surface area (TPSA) is 29.4 Å². The zero-order valence-electron chi connectivity index (χ0n) is 15.9. The number of hydrogen-bond acceptors (Lipinski definition) is 2. The number of aromatic nitrogens is 1. The highest BCUT2D eigenvalue weighted by atomic mass is 35.5. The Hall–Kier alpha value is -2.21. The summed E-state index contributed by atoms with van der Waals surface area (Å²) in [4.78, 5) is 2.18. The molecule has 7 heteroatoms. The number of fused-ring (bicyclic) bond motifs is 1. The quantitative estimate of drug-likeness (QED) is 0.498. The van der Waals surface area contributed by atoms with Crippen LogP contribution in [-0.4, -0.2) is 27.7 Å². The number of ether oxygens (including phenoxy) is 1. The van der Waals surface area contributed by atoms with E-state index in [0.29, 0.717) is 21.8 Å². The lowest BCUT2D eigenvalue weighted by Crippen LogP contribution is -2.44. The van der Waals surface area contributed by atoms with Gasteiger partial charge in [-0.15, -0.1) is 0 Å². The fourth-order valence-corrected chi connectivity index (χ4v) is 4.48. The van der Waals surface area contributed by atoms with Crippen LogP contribution in [-0.2, 0) is 6.54 Å². The molecule has 0 bridgehead atoms. The summed E-state index contributed by atoms with van der Waals surface area (Å²) in [5.41, 5.74) is 3.04. The molecule has 4 rings (SSSR count). The molecule has 0 saturated heterocycles. The van der Waals surface area contributed by atoms with Crippen LogP contribution >= 0.6 is 35.4 Å². The lowest BCUT2D eigenvalue weighted by molar-refractivity contribution is 0.293. The third-order valence-corrected chi connectivity index (χ3v) is 5.87. The van der Waals surface area contributed by atoms with Crippen LogP contribution in [0.1, 0.15) is 24.2 Å². The summed E-state index contributed by atoms with van der Waals surface area (Å²) in [6, 6.07) is 17.5. The number of benzene rings is 2. The number of nitrogens with zero attached hydrogens (tertiary/aromatic N) is 2. The minimum Gasteiger partial charge on any atom is -0.494 e. The van der Waals surface area contributed by atoms with Gasteiger partial charge in [-0.3, -0.25) is 0 Å². The van der Waals surface area contributed by atoms with Gasteiger partial charge in [-0.2, -0.15) is 0 Å². The first-order chi connectivity index (χ1) is 14.1. The smallest absolute Gasteiger partial charge is 0.174 e. The Morgan fingerprint density at radius 3 is 2.66 bits per heavy atom. The Morgan fingerprint density at radius 2 is 1.93 bits per heavy atom. The molecule has 1 N–H and O–H groups in total. The standard InChI is InChI=1S/C22H21Cl2N3OS/c1-2-28-17-8-6-16(7-9-17)25-22(29)27-13-12-26-11-3-4-20(26)21(27)18-10-5-15(23)14-19(18)24/h3-11,14,21H,2,12-13H2,1H3,(H,25,29)/t21-/m0/s1. The van der Waals surface area contributed by atoms with Gasteiger partial charge in [-0.1, -0.05) is 29.3 Å². The van der Waals surface area contributed by atoms with Crippen LogP contribution in [0.3, 0.4) is 0 Å². The molecule has 1 atom stereocenters. The number of nitrogens with one attached hydrogen (secondary N) is 1. The number of anilines is 1. The molecule has 0 aliphatic carbocycles. The Kier molecular flexibility index (Phi) is 5.99. The van der Waals surface area contributed by atoms with Crippen LogP contribution in [0.25, 0.3) is 0 Å². The maximum absolute atomic E-state index is 6.58. The van der Waals surface area contributed by atoms with Crippen molar-refractivity contribution in [2.75, 3.05) is 18.5 Å². The van der Waals surface area contributed by atoms with E-state index in [9.17, 15) is 0 Å². The van der Waals surface area contributed by atoms with Crippen LogP contribution in [0, 0.1) is 0 Å². The van der Waals surface area contributed by atoms with Crippen molar-refractivity contribution in [1.82, 2.24) is 9.47 Å². The molecule has 1 aliphatic heterocycles. The van der Waals surface area contributed by atoms with E-state index in [4.69, 9.17) is 40.2 Å². The molecule has 0 amide bonds. The van der Waals surface area contributed by atoms with Crippen molar-refractivity contribution < 1.29 is 4.74 Å². The predicted molar refractivity (Wildman–Crippen MR) is 123 cm³/mol. The van der Waals surface area contributed by atoms with Crippen LogP contribution in [0.4, 0.5) is 5.69 Å². The SMILES string of the molecule is CCOc1ccc(NC(=S)N2CCn3cccc3[C@@H]2c2ccc(Cl)cc2Cl)cc1. The molecule has 0 saturated carbocycles. The molecule has 0 fully saturated rings. The average Bonchev–Trinajstić information content (AvgIpc) is 3.18. The fourth-order valence-electron chi connectivity index (χ4n) is 3.65. The average molecular weight is 446 g/mol. The van der Waals surface area contributed by atoms with E-state index >= 15 is 0 Å². The van der Waals surface area contributed by atoms with Gasteiger partial charge in [0.2, 0.25) is 0 Å². The maximum atomic E-state index is 6.58. The fraction of sp³-hybridized carbons (Fsp3) is 0.227. The summed E-state index contributed by atoms with van der Waals surface area (Å²) in [6.07, 6.45) is 2.09. The summed E-state index contributed by atoms with van der Waals surface area (Å²) in [7, 11) is 0. The number of rotatable bonds is 4. The molecular formula is C22H21Cl2N3OS. The van der Waals surface area contributed by atoms with Gasteiger partial charge in [0.15, 0.2) is 5.11 Å². The molecule has 150 valence electrons. The summed E-state index contributed by atoms with van der Waals surface area (Å²) in [6.45, 7) is 4.24. The monoisotopic (exact) mass is 445 g/mol. The largest absolute Gasteiger partial charge is 0.494 e. The first-order valence-electron chi connectivity index (χ1n) is 9.47. The van der Waals surface area contributed by atoms with Crippen molar-refractivity contribution >= 4 is 46.2 Å². The summed E-state index contributed by atoms with van der Waals surface area (Å²) < 4.78 is 7.75. The Labute approximate surface area is 186 Å². The predicted octanol–water partition coefficient (Wildman–Crippen LogP) is 6.00. The van der Waals surface area contributed by atoms with Crippen molar-refractivity contribution in [2.24, 2.45) is 0 Å². The van der Waals surface area contributed by atoms with Gasteiger partial charge in [0.05, 0.1) is 12.6 Å².